The van der Waals surface area contributed by atoms with Crippen molar-refractivity contribution in [2.45, 2.75) is 45.1 Å². The second-order valence-electron chi connectivity index (χ2n) is 11.3. The molecule has 0 saturated carbocycles. The number of carbonyl (C=O) groups is 2. The van der Waals surface area contributed by atoms with E-state index in [0.29, 0.717) is 50.0 Å². The largest absolute Gasteiger partial charge is 0.488 e. The molecular formula is C33H40N4O8. The van der Waals surface area contributed by atoms with Gasteiger partial charge in [0.05, 0.1) is 36.1 Å². The van der Waals surface area contributed by atoms with Crippen LogP contribution in [0.1, 0.15) is 41.6 Å². The van der Waals surface area contributed by atoms with Gasteiger partial charge in [-0.1, -0.05) is 23.4 Å². The number of ether oxygens (including phenoxy) is 3. The van der Waals surface area contributed by atoms with Crippen molar-refractivity contribution >= 4 is 22.9 Å². The molecule has 2 aliphatic rings. The van der Waals surface area contributed by atoms with E-state index in [9.17, 15) is 14.9 Å². The van der Waals surface area contributed by atoms with E-state index in [1.54, 1.807) is 0 Å². The Balaban J connectivity index is 0.000000510. The molecule has 0 radical (unpaired) electrons. The van der Waals surface area contributed by atoms with Crippen LogP contribution in [0.25, 0.3) is 11.0 Å². The second-order valence-corrected chi connectivity index (χ2v) is 11.3. The Labute approximate surface area is 262 Å². The van der Waals surface area contributed by atoms with E-state index in [4.69, 9.17) is 28.9 Å². The smallest absolute Gasteiger partial charge is 0.328 e. The molecule has 12 heteroatoms. The van der Waals surface area contributed by atoms with Gasteiger partial charge in [-0.3, -0.25) is 4.90 Å². The van der Waals surface area contributed by atoms with Gasteiger partial charge in [0, 0.05) is 36.2 Å². The molecule has 2 fully saturated rings. The minimum atomic E-state index is -1.26. The second kappa shape index (κ2) is 16.7. The lowest BCUT2D eigenvalue weighted by Crippen LogP contribution is -2.39. The first-order valence-corrected chi connectivity index (χ1v) is 15.0. The maximum Gasteiger partial charge on any atom is 0.328 e. The summed E-state index contributed by atoms with van der Waals surface area (Å²) in [6.45, 7) is 5.49. The SMILES string of the molecule is CN(C)Cc1c(OCc2ccccc2C#N)ccc2c(CCC3CCN(CC4OCCO4)CC3)noc12.O=C(O)C=CC(=O)O. The zero-order valence-electron chi connectivity index (χ0n) is 25.7. The van der Waals surface area contributed by atoms with Crippen LogP contribution in [0, 0.1) is 17.2 Å². The van der Waals surface area contributed by atoms with E-state index >= 15 is 0 Å². The maximum absolute atomic E-state index is 9.55. The summed E-state index contributed by atoms with van der Waals surface area (Å²) in [6.07, 6.45) is 5.46. The van der Waals surface area contributed by atoms with Gasteiger partial charge in [-0.05, 0) is 77.0 Å². The van der Waals surface area contributed by atoms with Gasteiger partial charge < -0.3 is 33.8 Å². The van der Waals surface area contributed by atoms with Crippen LogP contribution in [0.3, 0.4) is 0 Å². The number of carboxylic acid groups (broad SMARTS) is 2. The normalized spacial score (nSPS) is 16.1. The van der Waals surface area contributed by atoms with Gasteiger partial charge in [-0.15, -0.1) is 0 Å². The summed E-state index contributed by atoms with van der Waals surface area (Å²) >= 11 is 0. The zero-order chi connectivity index (χ0) is 32.2. The number of fused-ring (bicyclic) bond motifs is 1. The van der Waals surface area contributed by atoms with Crippen LogP contribution in [-0.2, 0) is 38.6 Å². The molecule has 5 rings (SSSR count). The van der Waals surface area contributed by atoms with Crippen molar-refractivity contribution in [3.05, 3.63) is 70.9 Å². The summed E-state index contributed by atoms with van der Waals surface area (Å²) < 4.78 is 23.3. The Morgan fingerprint density at radius 3 is 2.42 bits per heavy atom. The number of aromatic nitrogens is 1. The lowest BCUT2D eigenvalue weighted by Gasteiger charge is -2.32. The molecule has 0 atom stereocenters. The third-order valence-electron chi connectivity index (χ3n) is 7.73. The summed E-state index contributed by atoms with van der Waals surface area (Å²) in [7, 11) is 4.06. The molecule has 2 aromatic carbocycles. The van der Waals surface area contributed by atoms with Gasteiger partial charge in [0.2, 0.25) is 0 Å². The molecule has 0 amide bonds. The van der Waals surface area contributed by atoms with Crippen molar-refractivity contribution in [3.63, 3.8) is 0 Å². The molecule has 0 bridgehead atoms. The summed E-state index contributed by atoms with van der Waals surface area (Å²) in [5, 5.41) is 30.6. The lowest BCUT2D eigenvalue weighted by atomic mass is 9.91. The molecule has 45 heavy (non-hydrogen) atoms. The standard InChI is InChI=1S/C29H36N4O4.C4H4O4/c1-32(2)18-25-27(36-20-23-6-4-3-5-22(23)17-30)10-8-24-26(31-37-29(24)25)9-7-21-11-13-33(14-12-21)19-28-34-15-16-35-28;5-3(6)1-2-4(7)8/h3-6,8,10,21,28H,7,9,11-16,18-20H2,1-2H3;1-2H,(H,5,6)(H,7,8). The third-order valence-corrected chi connectivity index (χ3v) is 7.73. The van der Waals surface area contributed by atoms with Crippen molar-refractivity contribution < 1.29 is 38.5 Å². The Hall–Kier alpha value is -4.28. The molecule has 0 aliphatic carbocycles. The molecule has 3 heterocycles. The summed E-state index contributed by atoms with van der Waals surface area (Å²) in [5.41, 5.74) is 4.30. The van der Waals surface area contributed by atoms with Gasteiger partial charge in [-0.2, -0.15) is 5.26 Å². The van der Waals surface area contributed by atoms with Crippen LogP contribution in [0.4, 0.5) is 0 Å². The van der Waals surface area contributed by atoms with Crippen molar-refractivity contribution in [1.29, 1.82) is 5.26 Å². The van der Waals surface area contributed by atoms with Gasteiger partial charge in [0.1, 0.15) is 12.4 Å². The Kier molecular flexibility index (Phi) is 12.5. The predicted octanol–water partition coefficient (Wildman–Crippen LogP) is 4.07. The summed E-state index contributed by atoms with van der Waals surface area (Å²) in [4.78, 5) is 23.7. The van der Waals surface area contributed by atoms with Crippen molar-refractivity contribution in [1.82, 2.24) is 15.0 Å². The number of hydrogen-bond acceptors (Lipinski definition) is 10. The highest BCUT2D eigenvalue weighted by Crippen LogP contribution is 2.33. The number of aryl methyl sites for hydroxylation is 1. The fourth-order valence-corrected chi connectivity index (χ4v) is 5.45. The number of hydrogen-bond donors (Lipinski definition) is 2. The number of aliphatic carboxylic acids is 2. The van der Waals surface area contributed by atoms with E-state index in [1.807, 2.05) is 44.4 Å². The van der Waals surface area contributed by atoms with E-state index in [2.05, 4.69) is 27.1 Å². The average Bonchev–Trinajstić information content (AvgIpc) is 3.70. The third kappa shape index (κ3) is 10.1. The Morgan fingerprint density at radius 2 is 1.78 bits per heavy atom. The number of nitriles is 1. The number of piperidine rings is 1. The average molecular weight is 621 g/mol. The molecule has 12 nitrogen and oxygen atoms in total. The van der Waals surface area contributed by atoms with Gasteiger partial charge in [0.25, 0.3) is 0 Å². The van der Waals surface area contributed by atoms with E-state index in [1.165, 1.54) is 12.8 Å². The van der Waals surface area contributed by atoms with Gasteiger partial charge in [0.15, 0.2) is 11.9 Å². The van der Waals surface area contributed by atoms with Gasteiger partial charge >= 0.3 is 11.9 Å². The number of rotatable bonds is 12. The molecular weight excluding hydrogens is 580 g/mol. The van der Waals surface area contributed by atoms with Gasteiger partial charge in [-0.25, -0.2) is 9.59 Å². The molecule has 2 aliphatic heterocycles. The van der Waals surface area contributed by atoms with E-state index in [-0.39, 0.29) is 6.29 Å². The fourth-order valence-electron chi connectivity index (χ4n) is 5.45. The first kappa shape index (κ1) is 33.6. The van der Waals surface area contributed by atoms with Crippen LogP contribution < -0.4 is 4.74 Å². The number of benzene rings is 2. The predicted molar refractivity (Wildman–Crippen MR) is 164 cm³/mol. The van der Waals surface area contributed by atoms with Crippen LogP contribution in [0.15, 0.2) is 53.1 Å². The summed E-state index contributed by atoms with van der Waals surface area (Å²) in [6, 6.07) is 13.9. The van der Waals surface area contributed by atoms with E-state index in [0.717, 1.165) is 66.0 Å². The monoisotopic (exact) mass is 620 g/mol. The van der Waals surface area contributed by atoms with Crippen molar-refractivity contribution in [2.75, 3.05) is 46.9 Å². The summed E-state index contributed by atoms with van der Waals surface area (Å²) in [5.74, 6) is -1.06. The number of nitrogens with zero attached hydrogens (tertiary/aromatic N) is 4. The lowest BCUT2D eigenvalue weighted by molar-refractivity contribution is -0.134. The minimum Gasteiger partial charge on any atom is -0.488 e. The van der Waals surface area contributed by atoms with Crippen LogP contribution in [0.2, 0.25) is 0 Å². The molecule has 2 saturated heterocycles. The van der Waals surface area contributed by atoms with Crippen LogP contribution >= 0.6 is 0 Å². The first-order chi connectivity index (χ1) is 21.7. The zero-order valence-corrected chi connectivity index (χ0v) is 25.7. The Bertz CT molecular complexity index is 1480. The first-order valence-electron chi connectivity index (χ1n) is 15.0. The number of carboxylic acids is 2. The number of likely N-dealkylation sites (tertiary alicyclic amines) is 1. The molecule has 240 valence electrons. The topological polar surface area (TPSA) is 159 Å². The molecule has 1 aromatic heterocycles. The van der Waals surface area contributed by atoms with Crippen LogP contribution in [0.5, 0.6) is 5.75 Å². The molecule has 2 N–H and O–H groups in total. The highest BCUT2D eigenvalue weighted by molar-refractivity contribution is 5.89. The molecule has 0 unspecified atom stereocenters. The molecule has 3 aromatic rings. The maximum atomic E-state index is 9.55. The fraction of sp³-hybridized carbons (Fsp3) is 0.455. The highest BCUT2D eigenvalue weighted by Gasteiger charge is 2.25. The van der Waals surface area contributed by atoms with Crippen molar-refractivity contribution in [3.8, 4) is 11.8 Å². The highest BCUT2D eigenvalue weighted by atomic mass is 16.7. The quantitative estimate of drug-likeness (QED) is 0.280. The Morgan fingerprint density at radius 1 is 1.09 bits per heavy atom. The minimum absolute atomic E-state index is 0.0515. The van der Waals surface area contributed by atoms with Crippen LogP contribution in [-0.4, -0.2) is 90.3 Å². The van der Waals surface area contributed by atoms with Crippen molar-refractivity contribution in [2.24, 2.45) is 5.92 Å². The van der Waals surface area contributed by atoms with E-state index < -0.39 is 11.9 Å². The molecule has 0 spiro atoms.